The number of rotatable bonds is 2. The predicted octanol–water partition coefficient (Wildman–Crippen LogP) is 2.96. The molecule has 0 saturated heterocycles. The third-order valence-corrected chi connectivity index (χ3v) is 5.83. The smallest absolute Gasteiger partial charge is 0.331 e. The van der Waals surface area contributed by atoms with Gasteiger partial charge in [-0.05, 0) is 42.5 Å². The number of benzene rings is 1. The molecule has 5 rings (SSSR count). The molecule has 0 radical (unpaired) electrons. The van der Waals surface area contributed by atoms with Crippen LogP contribution in [-0.4, -0.2) is 37.8 Å². The van der Waals surface area contributed by atoms with Crippen LogP contribution in [0.5, 0.6) is 0 Å². The maximum absolute atomic E-state index is 13.4. The summed E-state index contributed by atoms with van der Waals surface area (Å²) < 4.78 is 1.75. The zero-order chi connectivity index (χ0) is 18.8. The molecule has 1 spiro atoms. The topological polar surface area (TPSA) is 74.9 Å². The maximum atomic E-state index is 13.4. The van der Waals surface area contributed by atoms with E-state index in [1.165, 1.54) is 11.1 Å². The Morgan fingerprint density at radius 1 is 1.19 bits per heavy atom. The number of carbonyl (C=O) groups is 2. The van der Waals surface area contributed by atoms with Gasteiger partial charge < -0.3 is 10.0 Å². The number of aliphatic carboxylic acids is 1. The summed E-state index contributed by atoms with van der Waals surface area (Å²) in [6.07, 6.45) is 5.35. The van der Waals surface area contributed by atoms with Gasteiger partial charge in [0.1, 0.15) is 11.3 Å². The number of hydrogen-bond acceptors (Lipinski definition) is 3. The van der Waals surface area contributed by atoms with E-state index in [1.807, 2.05) is 49.5 Å². The van der Waals surface area contributed by atoms with Gasteiger partial charge in [-0.3, -0.25) is 9.20 Å². The van der Waals surface area contributed by atoms with Crippen LogP contribution in [0, 0.1) is 6.92 Å². The maximum Gasteiger partial charge on any atom is 0.331 e. The SMILES string of the molecule is Cc1ccc2ncc(C(=O)N3CC4(CC4)c4ccccc4C3C(=O)O)n2c1. The van der Waals surface area contributed by atoms with E-state index in [1.54, 1.807) is 4.40 Å². The minimum atomic E-state index is -1.00. The molecular formula is C21H19N3O3. The second-order valence-corrected chi connectivity index (χ2v) is 7.62. The van der Waals surface area contributed by atoms with Gasteiger partial charge in [0.2, 0.25) is 0 Å². The van der Waals surface area contributed by atoms with Crippen molar-refractivity contribution >= 4 is 17.5 Å². The van der Waals surface area contributed by atoms with Crippen molar-refractivity contribution in [3.05, 3.63) is 71.2 Å². The standard InChI is InChI=1S/C21H19N3O3/c1-13-6-7-17-22-10-16(23(17)11-13)19(25)24-12-21(8-9-21)15-5-3-2-4-14(15)18(24)20(26)27/h2-7,10-11,18H,8-9,12H2,1H3,(H,26,27). The van der Waals surface area contributed by atoms with Crippen LogP contribution in [0.2, 0.25) is 0 Å². The van der Waals surface area contributed by atoms with Gasteiger partial charge >= 0.3 is 5.97 Å². The Balaban J connectivity index is 1.64. The first-order chi connectivity index (χ1) is 13.0. The average Bonchev–Trinajstić information content (AvgIpc) is 3.30. The molecule has 1 amide bonds. The molecule has 27 heavy (non-hydrogen) atoms. The highest BCUT2D eigenvalue weighted by Gasteiger charge is 2.54. The Morgan fingerprint density at radius 3 is 2.70 bits per heavy atom. The molecule has 6 heteroatoms. The molecule has 3 aromatic rings. The van der Waals surface area contributed by atoms with E-state index in [2.05, 4.69) is 4.98 Å². The lowest BCUT2D eigenvalue weighted by molar-refractivity contribution is -0.143. The largest absolute Gasteiger partial charge is 0.479 e. The number of hydrogen-bond donors (Lipinski definition) is 1. The Labute approximate surface area is 156 Å². The first kappa shape index (κ1) is 16.1. The van der Waals surface area contributed by atoms with Crippen molar-refractivity contribution in [3.63, 3.8) is 0 Å². The van der Waals surface area contributed by atoms with Crippen molar-refractivity contribution < 1.29 is 14.7 Å². The van der Waals surface area contributed by atoms with Gasteiger partial charge in [0.25, 0.3) is 5.91 Å². The van der Waals surface area contributed by atoms with Crippen molar-refractivity contribution in [1.29, 1.82) is 0 Å². The number of nitrogens with zero attached hydrogens (tertiary/aromatic N) is 3. The van der Waals surface area contributed by atoms with Crippen molar-refractivity contribution in [2.75, 3.05) is 6.54 Å². The number of imidazole rings is 1. The minimum absolute atomic E-state index is 0.103. The van der Waals surface area contributed by atoms with Crippen LogP contribution in [0.1, 0.15) is 46.1 Å². The van der Waals surface area contributed by atoms with E-state index in [0.29, 0.717) is 17.9 Å². The van der Waals surface area contributed by atoms with Gasteiger partial charge in [0.15, 0.2) is 6.04 Å². The van der Waals surface area contributed by atoms with Gasteiger partial charge in [-0.2, -0.15) is 0 Å². The Bertz CT molecular complexity index is 1100. The molecule has 1 aliphatic heterocycles. The van der Waals surface area contributed by atoms with Crippen LogP contribution in [0.4, 0.5) is 0 Å². The van der Waals surface area contributed by atoms with Crippen LogP contribution in [0.25, 0.3) is 5.65 Å². The number of aromatic nitrogens is 2. The molecule has 3 heterocycles. The van der Waals surface area contributed by atoms with Crippen molar-refractivity contribution in [2.45, 2.75) is 31.2 Å². The Hall–Kier alpha value is -3.15. The third-order valence-electron chi connectivity index (χ3n) is 5.83. The zero-order valence-corrected chi connectivity index (χ0v) is 14.9. The van der Waals surface area contributed by atoms with Gasteiger partial charge in [-0.1, -0.05) is 30.3 Å². The molecule has 1 aliphatic carbocycles. The lowest BCUT2D eigenvalue weighted by Crippen LogP contribution is -2.48. The number of amides is 1. The number of pyridine rings is 1. The Kier molecular flexibility index (Phi) is 3.22. The molecule has 1 N–H and O–H groups in total. The van der Waals surface area contributed by atoms with Crippen molar-refractivity contribution in [2.24, 2.45) is 0 Å². The van der Waals surface area contributed by atoms with E-state index in [-0.39, 0.29) is 11.3 Å². The fourth-order valence-electron chi connectivity index (χ4n) is 4.31. The zero-order valence-electron chi connectivity index (χ0n) is 14.9. The first-order valence-corrected chi connectivity index (χ1v) is 9.07. The highest BCUT2D eigenvalue weighted by Crippen LogP contribution is 2.54. The van der Waals surface area contributed by atoms with E-state index >= 15 is 0 Å². The summed E-state index contributed by atoms with van der Waals surface area (Å²) in [5.74, 6) is -1.29. The van der Waals surface area contributed by atoms with E-state index in [4.69, 9.17) is 0 Å². The molecular weight excluding hydrogens is 342 g/mol. The summed E-state index contributed by atoms with van der Waals surface area (Å²) in [4.78, 5) is 31.4. The normalized spacial score (nSPS) is 19.9. The molecule has 1 fully saturated rings. The fourth-order valence-corrected chi connectivity index (χ4v) is 4.31. The molecule has 136 valence electrons. The number of aryl methyl sites for hydroxylation is 1. The highest BCUT2D eigenvalue weighted by atomic mass is 16.4. The van der Waals surface area contributed by atoms with Crippen LogP contribution >= 0.6 is 0 Å². The summed E-state index contributed by atoms with van der Waals surface area (Å²) in [5.41, 5.74) is 3.79. The monoisotopic (exact) mass is 361 g/mol. The summed E-state index contributed by atoms with van der Waals surface area (Å²) in [6.45, 7) is 2.38. The van der Waals surface area contributed by atoms with Crippen LogP contribution in [0.15, 0.2) is 48.8 Å². The van der Waals surface area contributed by atoms with Crippen molar-refractivity contribution in [1.82, 2.24) is 14.3 Å². The second kappa shape index (κ2) is 5.42. The predicted molar refractivity (Wildman–Crippen MR) is 98.7 cm³/mol. The molecule has 6 nitrogen and oxygen atoms in total. The molecule has 2 aromatic heterocycles. The summed E-state index contributed by atoms with van der Waals surface area (Å²) in [5, 5.41) is 9.93. The van der Waals surface area contributed by atoms with Gasteiger partial charge in [-0.25, -0.2) is 9.78 Å². The van der Waals surface area contributed by atoms with Crippen LogP contribution in [0.3, 0.4) is 0 Å². The first-order valence-electron chi connectivity index (χ1n) is 9.07. The molecule has 1 aromatic carbocycles. The Morgan fingerprint density at radius 2 is 1.96 bits per heavy atom. The molecule has 0 bridgehead atoms. The minimum Gasteiger partial charge on any atom is -0.479 e. The lowest BCUT2D eigenvalue weighted by atomic mass is 9.82. The molecule has 1 atom stereocenters. The van der Waals surface area contributed by atoms with Gasteiger partial charge in [0, 0.05) is 18.2 Å². The molecule has 1 saturated carbocycles. The van der Waals surface area contributed by atoms with Crippen LogP contribution < -0.4 is 0 Å². The van der Waals surface area contributed by atoms with Crippen LogP contribution in [-0.2, 0) is 10.2 Å². The van der Waals surface area contributed by atoms with E-state index in [0.717, 1.165) is 29.5 Å². The number of fused-ring (bicyclic) bond motifs is 3. The fraction of sp³-hybridized carbons (Fsp3) is 0.286. The summed E-state index contributed by atoms with van der Waals surface area (Å²) in [6, 6.07) is 10.5. The number of carboxylic acid groups (broad SMARTS) is 1. The van der Waals surface area contributed by atoms with Gasteiger partial charge in [0.05, 0.1) is 6.20 Å². The molecule has 2 aliphatic rings. The third kappa shape index (κ3) is 2.29. The molecule has 1 unspecified atom stereocenters. The second-order valence-electron chi connectivity index (χ2n) is 7.62. The van der Waals surface area contributed by atoms with Crippen molar-refractivity contribution in [3.8, 4) is 0 Å². The summed E-state index contributed by atoms with van der Waals surface area (Å²) in [7, 11) is 0. The average molecular weight is 361 g/mol. The van der Waals surface area contributed by atoms with Gasteiger partial charge in [-0.15, -0.1) is 0 Å². The summed E-state index contributed by atoms with van der Waals surface area (Å²) >= 11 is 0. The quantitative estimate of drug-likeness (QED) is 0.761. The number of carbonyl (C=O) groups excluding carboxylic acids is 1. The van der Waals surface area contributed by atoms with E-state index in [9.17, 15) is 14.7 Å². The number of carboxylic acids is 1. The highest BCUT2D eigenvalue weighted by molar-refractivity contribution is 5.97. The van der Waals surface area contributed by atoms with E-state index < -0.39 is 12.0 Å². The lowest BCUT2D eigenvalue weighted by Gasteiger charge is -2.39.